The summed E-state index contributed by atoms with van der Waals surface area (Å²) in [5, 5.41) is 17.6. The molecule has 0 fully saturated rings. The van der Waals surface area contributed by atoms with Crippen LogP contribution in [0, 0.1) is 0 Å². The van der Waals surface area contributed by atoms with Gasteiger partial charge in [0.1, 0.15) is 0 Å². The number of aliphatic carboxylic acids is 2. The number of unbranched alkanes of at least 4 members (excludes halogenated alkanes) is 5. The molecule has 0 aromatic heterocycles. The van der Waals surface area contributed by atoms with Gasteiger partial charge in [0, 0.05) is 12.8 Å². The first-order chi connectivity index (χ1) is 12.5. The maximum Gasteiger partial charge on any atom is 0.303 e. The van der Waals surface area contributed by atoms with Crippen LogP contribution < -0.4 is 0 Å². The maximum atomic E-state index is 10.7. The van der Waals surface area contributed by atoms with Crippen LogP contribution in [0.25, 0.3) is 0 Å². The highest BCUT2D eigenvalue weighted by Gasteiger charge is 2.09. The van der Waals surface area contributed by atoms with E-state index in [0.717, 1.165) is 32.1 Å². The minimum absolute atomic E-state index is 0.227. The third-order valence-electron chi connectivity index (χ3n) is 4.82. The van der Waals surface area contributed by atoms with Gasteiger partial charge in [-0.1, -0.05) is 44.4 Å². The topological polar surface area (TPSA) is 74.6 Å². The van der Waals surface area contributed by atoms with Crippen molar-refractivity contribution in [1.29, 1.82) is 0 Å². The summed E-state index contributed by atoms with van der Waals surface area (Å²) in [6.07, 6.45) is 11.5. The Labute approximate surface area is 157 Å². The highest BCUT2D eigenvalue weighted by Crippen LogP contribution is 2.22. The predicted octanol–water partition coefficient (Wildman–Crippen LogP) is 5.40. The number of carboxylic acids is 2. The first-order valence-electron chi connectivity index (χ1n) is 10.1. The number of carboxylic acid groups (broad SMARTS) is 2. The molecule has 0 heterocycles. The Balaban J connectivity index is 2.70. The Kier molecular flexibility index (Phi) is 11.4. The van der Waals surface area contributed by atoms with E-state index in [1.807, 2.05) is 0 Å². The van der Waals surface area contributed by atoms with Gasteiger partial charge in [0.25, 0.3) is 0 Å². The lowest BCUT2D eigenvalue weighted by Gasteiger charge is -2.15. The van der Waals surface area contributed by atoms with Crippen molar-refractivity contribution >= 4 is 11.9 Å². The molecule has 0 spiro atoms. The lowest BCUT2D eigenvalue weighted by molar-refractivity contribution is -0.138. The summed E-state index contributed by atoms with van der Waals surface area (Å²) in [5.74, 6) is -1.46. The molecule has 2 N–H and O–H groups in total. The molecule has 0 amide bonds. The van der Waals surface area contributed by atoms with Crippen molar-refractivity contribution in [2.24, 2.45) is 0 Å². The molecule has 1 aromatic rings. The van der Waals surface area contributed by atoms with E-state index >= 15 is 0 Å². The van der Waals surface area contributed by atoms with Gasteiger partial charge >= 0.3 is 11.9 Å². The third-order valence-corrected chi connectivity index (χ3v) is 4.82. The van der Waals surface area contributed by atoms with Crippen LogP contribution in [0.2, 0.25) is 0 Å². The van der Waals surface area contributed by atoms with E-state index in [-0.39, 0.29) is 12.8 Å². The van der Waals surface area contributed by atoms with Gasteiger partial charge in [0.15, 0.2) is 0 Å². The molecule has 0 aliphatic rings. The zero-order valence-corrected chi connectivity index (χ0v) is 16.1. The molecule has 0 saturated carbocycles. The van der Waals surface area contributed by atoms with Gasteiger partial charge in [-0.05, 0) is 68.1 Å². The largest absolute Gasteiger partial charge is 0.481 e. The normalized spacial score (nSPS) is 10.8. The van der Waals surface area contributed by atoms with Gasteiger partial charge in [0.2, 0.25) is 0 Å². The Morgan fingerprint density at radius 1 is 0.731 bits per heavy atom. The summed E-state index contributed by atoms with van der Waals surface area (Å²) in [7, 11) is 0. The zero-order chi connectivity index (χ0) is 19.2. The number of hydrogen-bond donors (Lipinski definition) is 2. The summed E-state index contributed by atoms with van der Waals surface area (Å²) in [4.78, 5) is 21.4. The monoisotopic (exact) mass is 362 g/mol. The van der Waals surface area contributed by atoms with E-state index in [0.29, 0.717) is 12.8 Å². The first-order valence-corrected chi connectivity index (χ1v) is 10.1. The molecule has 1 rings (SSSR count). The second-order valence-corrected chi connectivity index (χ2v) is 7.07. The van der Waals surface area contributed by atoms with Crippen LogP contribution in [-0.4, -0.2) is 22.2 Å². The van der Waals surface area contributed by atoms with Gasteiger partial charge in [0.05, 0.1) is 0 Å². The smallest absolute Gasteiger partial charge is 0.303 e. The summed E-state index contributed by atoms with van der Waals surface area (Å²) in [6.45, 7) is 2.21. The van der Waals surface area contributed by atoms with Crippen molar-refractivity contribution in [1.82, 2.24) is 0 Å². The molecule has 0 bridgehead atoms. The highest BCUT2D eigenvalue weighted by atomic mass is 16.4. The molecular formula is C22H34O4. The lowest BCUT2D eigenvalue weighted by atomic mass is 9.90. The fourth-order valence-electron chi connectivity index (χ4n) is 3.39. The van der Waals surface area contributed by atoms with Crippen LogP contribution in [-0.2, 0) is 28.9 Å². The standard InChI is InChI=1S/C22H34O4/c1-2-3-4-5-11-18-13-10-14-19(12-6-8-16-21(23)24)20(18)15-7-9-17-22(25)26/h10,13-14H,2-9,11-12,15-17H2,1H3,(H,23,24)(H,25,26). The van der Waals surface area contributed by atoms with Crippen molar-refractivity contribution in [3.63, 3.8) is 0 Å². The van der Waals surface area contributed by atoms with Gasteiger partial charge in [-0.2, -0.15) is 0 Å². The number of hydrogen-bond acceptors (Lipinski definition) is 2. The van der Waals surface area contributed by atoms with Gasteiger partial charge in [-0.25, -0.2) is 0 Å². The Bertz CT molecular complexity index is 551. The molecule has 0 atom stereocenters. The molecule has 146 valence electrons. The summed E-state index contributed by atoms with van der Waals surface area (Å²) in [6, 6.07) is 6.48. The summed E-state index contributed by atoms with van der Waals surface area (Å²) >= 11 is 0. The molecule has 0 aliphatic carbocycles. The molecule has 26 heavy (non-hydrogen) atoms. The SMILES string of the molecule is CCCCCCc1cccc(CCCCC(=O)O)c1CCCCC(=O)O. The molecule has 1 aromatic carbocycles. The van der Waals surface area contributed by atoms with Crippen molar-refractivity contribution in [2.75, 3.05) is 0 Å². The third kappa shape index (κ3) is 9.59. The fourth-order valence-corrected chi connectivity index (χ4v) is 3.39. The highest BCUT2D eigenvalue weighted by molar-refractivity contribution is 5.66. The number of carbonyl (C=O) groups is 2. The molecule has 4 nitrogen and oxygen atoms in total. The van der Waals surface area contributed by atoms with Gasteiger partial charge in [-0.3, -0.25) is 9.59 Å². The quantitative estimate of drug-likeness (QED) is 0.409. The van der Waals surface area contributed by atoms with E-state index in [1.165, 1.54) is 42.4 Å². The fraction of sp³-hybridized carbons (Fsp3) is 0.636. The van der Waals surface area contributed by atoms with Crippen molar-refractivity contribution in [2.45, 2.75) is 90.4 Å². The van der Waals surface area contributed by atoms with Crippen molar-refractivity contribution < 1.29 is 19.8 Å². The summed E-state index contributed by atoms with van der Waals surface area (Å²) < 4.78 is 0. The Morgan fingerprint density at radius 3 is 1.73 bits per heavy atom. The second-order valence-electron chi connectivity index (χ2n) is 7.07. The van der Waals surface area contributed by atoms with Crippen LogP contribution in [0.3, 0.4) is 0 Å². The molecule has 0 radical (unpaired) electrons. The minimum atomic E-state index is -0.733. The van der Waals surface area contributed by atoms with E-state index in [4.69, 9.17) is 10.2 Å². The van der Waals surface area contributed by atoms with Crippen molar-refractivity contribution in [3.8, 4) is 0 Å². The van der Waals surface area contributed by atoms with E-state index in [1.54, 1.807) is 0 Å². The lowest BCUT2D eigenvalue weighted by Crippen LogP contribution is -2.03. The molecule has 0 aliphatic heterocycles. The molecule has 0 unspecified atom stereocenters. The van der Waals surface area contributed by atoms with E-state index in [9.17, 15) is 9.59 Å². The van der Waals surface area contributed by atoms with E-state index in [2.05, 4.69) is 25.1 Å². The van der Waals surface area contributed by atoms with Crippen LogP contribution in [0.4, 0.5) is 0 Å². The van der Waals surface area contributed by atoms with E-state index < -0.39 is 11.9 Å². The molecule has 0 saturated heterocycles. The van der Waals surface area contributed by atoms with Crippen LogP contribution in [0.1, 0.15) is 87.8 Å². The first kappa shape index (κ1) is 22.2. The van der Waals surface area contributed by atoms with Crippen LogP contribution in [0.5, 0.6) is 0 Å². The number of aryl methyl sites for hydroxylation is 2. The van der Waals surface area contributed by atoms with Crippen molar-refractivity contribution in [3.05, 3.63) is 34.9 Å². The average molecular weight is 363 g/mol. The van der Waals surface area contributed by atoms with Crippen LogP contribution in [0.15, 0.2) is 18.2 Å². The number of benzene rings is 1. The maximum absolute atomic E-state index is 10.7. The molecule has 4 heteroatoms. The summed E-state index contributed by atoms with van der Waals surface area (Å²) in [5.41, 5.74) is 4.09. The Morgan fingerprint density at radius 2 is 1.23 bits per heavy atom. The minimum Gasteiger partial charge on any atom is -0.481 e. The predicted molar refractivity (Wildman–Crippen MR) is 105 cm³/mol. The van der Waals surface area contributed by atoms with Gasteiger partial charge in [-0.15, -0.1) is 0 Å². The van der Waals surface area contributed by atoms with Gasteiger partial charge < -0.3 is 10.2 Å². The second kappa shape index (κ2) is 13.4. The molecular weight excluding hydrogens is 328 g/mol. The number of rotatable bonds is 15. The Hall–Kier alpha value is -1.84. The van der Waals surface area contributed by atoms with Crippen LogP contribution >= 0.6 is 0 Å². The average Bonchev–Trinajstić information content (AvgIpc) is 2.60. The zero-order valence-electron chi connectivity index (χ0n) is 16.1.